The van der Waals surface area contributed by atoms with Gasteiger partial charge in [-0.2, -0.15) is 9.97 Å². The molecule has 0 aliphatic carbocycles. The van der Waals surface area contributed by atoms with Crippen molar-refractivity contribution in [1.29, 1.82) is 0 Å². The average Bonchev–Trinajstić information content (AvgIpc) is 3.68. The van der Waals surface area contributed by atoms with Crippen LogP contribution in [-0.2, 0) is 4.79 Å². The number of aromatic hydroxyl groups is 1. The van der Waals surface area contributed by atoms with E-state index in [1.54, 1.807) is 35.2 Å². The van der Waals surface area contributed by atoms with E-state index < -0.39 is 23.4 Å². The molecule has 8 rings (SSSR count). The lowest BCUT2D eigenvalue weighted by Gasteiger charge is -2.41. The summed E-state index contributed by atoms with van der Waals surface area (Å²) >= 11 is 0. The monoisotopic (exact) mass is 704 g/mol. The predicted octanol–water partition coefficient (Wildman–Crippen LogP) is 6.47. The Hall–Kier alpha value is -5.67. The summed E-state index contributed by atoms with van der Waals surface area (Å²) in [6.45, 7) is 1.92. The zero-order chi connectivity index (χ0) is 36.1. The number of fused-ring (bicyclic) bond motifs is 4. The van der Waals surface area contributed by atoms with Gasteiger partial charge in [-0.15, -0.1) is 6.42 Å². The van der Waals surface area contributed by atoms with Crippen LogP contribution >= 0.6 is 0 Å². The van der Waals surface area contributed by atoms with Gasteiger partial charge >= 0.3 is 6.01 Å². The van der Waals surface area contributed by atoms with Crippen LogP contribution in [0.2, 0.25) is 0 Å². The summed E-state index contributed by atoms with van der Waals surface area (Å²) in [7, 11) is 2.03. The number of rotatable bonds is 7. The number of benzene rings is 3. The molecule has 52 heavy (non-hydrogen) atoms. The molecule has 12 heteroatoms. The van der Waals surface area contributed by atoms with Crippen molar-refractivity contribution in [1.82, 2.24) is 24.8 Å². The molecule has 0 spiro atoms. The van der Waals surface area contributed by atoms with Gasteiger partial charge in [-0.1, -0.05) is 24.1 Å². The molecule has 0 radical (unpaired) electrons. The summed E-state index contributed by atoms with van der Waals surface area (Å²) in [6, 6.07) is 13.3. The van der Waals surface area contributed by atoms with Gasteiger partial charge in [-0.25, -0.2) is 13.2 Å². The fraction of sp³-hybridized carbons (Fsp3) is 0.300. The van der Waals surface area contributed by atoms with E-state index in [2.05, 4.69) is 20.8 Å². The van der Waals surface area contributed by atoms with Crippen LogP contribution in [0.3, 0.4) is 0 Å². The Balaban J connectivity index is 1.19. The Morgan fingerprint density at radius 3 is 2.58 bits per heavy atom. The molecule has 3 aliphatic rings. The zero-order valence-corrected chi connectivity index (χ0v) is 28.4. The van der Waals surface area contributed by atoms with Crippen LogP contribution in [0.4, 0.5) is 19.0 Å². The number of piperazine rings is 1. The van der Waals surface area contributed by atoms with E-state index in [1.165, 1.54) is 30.5 Å². The van der Waals surface area contributed by atoms with Crippen LogP contribution in [0.25, 0.3) is 38.9 Å². The molecule has 3 saturated heterocycles. The number of hydrogen-bond donors (Lipinski definition) is 1. The van der Waals surface area contributed by atoms with Gasteiger partial charge in [0.15, 0.2) is 11.6 Å². The van der Waals surface area contributed by atoms with Crippen molar-refractivity contribution in [3.8, 4) is 35.2 Å². The Morgan fingerprint density at radius 1 is 1.06 bits per heavy atom. The minimum Gasteiger partial charge on any atom is -0.508 e. The van der Waals surface area contributed by atoms with Crippen molar-refractivity contribution in [2.24, 2.45) is 0 Å². The first-order valence-electron chi connectivity index (χ1n) is 17.3. The molecule has 3 aromatic carbocycles. The van der Waals surface area contributed by atoms with Gasteiger partial charge in [0, 0.05) is 47.7 Å². The van der Waals surface area contributed by atoms with Gasteiger partial charge in [0.25, 0.3) is 5.91 Å². The maximum atomic E-state index is 17.0. The van der Waals surface area contributed by atoms with Gasteiger partial charge in [0.1, 0.15) is 29.5 Å². The number of carbonyl (C=O) groups is 1. The molecule has 1 amide bonds. The van der Waals surface area contributed by atoms with Crippen LogP contribution < -0.4 is 9.64 Å². The molecule has 5 heterocycles. The number of anilines is 1. The molecule has 5 aromatic rings. The van der Waals surface area contributed by atoms with Crippen LogP contribution in [-0.4, -0.2) is 87.2 Å². The van der Waals surface area contributed by atoms with Gasteiger partial charge in [0.2, 0.25) is 0 Å². The third-order valence-corrected chi connectivity index (χ3v) is 10.5. The van der Waals surface area contributed by atoms with E-state index in [1.807, 2.05) is 11.9 Å². The first kappa shape index (κ1) is 33.5. The summed E-state index contributed by atoms with van der Waals surface area (Å²) in [4.78, 5) is 32.7. The van der Waals surface area contributed by atoms with E-state index in [-0.39, 0.29) is 57.5 Å². The third kappa shape index (κ3) is 5.94. The van der Waals surface area contributed by atoms with Crippen molar-refractivity contribution in [2.45, 2.75) is 43.8 Å². The number of pyridine rings is 1. The highest BCUT2D eigenvalue weighted by atomic mass is 19.1. The number of phenols is 1. The molecule has 0 saturated carbocycles. The molecule has 1 N–H and O–H groups in total. The minimum absolute atomic E-state index is 0.00910. The second kappa shape index (κ2) is 13.5. The number of likely N-dealkylation sites (N-methyl/N-ethyl adjacent to an activating group) is 1. The number of amides is 1. The van der Waals surface area contributed by atoms with Crippen LogP contribution in [0, 0.1) is 24.0 Å². The highest BCUT2D eigenvalue weighted by Crippen LogP contribution is 2.41. The van der Waals surface area contributed by atoms with Gasteiger partial charge < -0.3 is 24.5 Å². The molecule has 3 atom stereocenters. The predicted molar refractivity (Wildman–Crippen MR) is 192 cm³/mol. The highest BCUT2D eigenvalue weighted by molar-refractivity contribution is 6.04. The lowest BCUT2D eigenvalue weighted by Crippen LogP contribution is -2.56. The first-order chi connectivity index (χ1) is 25.2. The fourth-order valence-electron chi connectivity index (χ4n) is 7.96. The molecule has 2 bridgehead atoms. The van der Waals surface area contributed by atoms with Gasteiger partial charge in [-0.3, -0.25) is 9.78 Å². The maximum Gasteiger partial charge on any atom is 0.319 e. The quantitative estimate of drug-likeness (QED) is 0.152. The fourth-order valence-corrected chi connectivity index (χ4v) is 7.96. The topological polar surface area (TPSA) is 94.9 Å². The number of aromatic nitrogens is 3. The Bertz CT molecular complexity index is 2280. The highest BCUT2D eigenvalue weighted by Gasteiger charge is 2.44. The van der Waals surface area contributed by atoms with E-state index in [0.717, 1.165) is 25.5 Å². The van der Waals surface area contributed by atoms with Crippen molar-refractivity contribution < 1.29 is 27.8 Å². The van der Waals surface area contributed by atoms with Crippen LogP contribution in [0.1, 0.15) is 36.9 Å². The normalized spacial score (nSPS) is 20.5. The smallest absolute Gasteiger partial charge is 0.319 e. The number of likely N-dealkylation sites (tertiary alicyclic amines) is 1. The summed E-state index contributed by atoms with van der Waals surface area (Å²) in [5.41, 5.74) is 0.552. The van der Waals surface area contributed by atoms with E-state index >= 15 is 8.78 Å². The number of phenolic OH excluding ortho intramolecular Hbond substituents is 1. The molecular weight excluding hydrogens is 669 g/mol. The maximum absolute atomic E-state index is 17.0. The van der Waals surface area contributed by atoms with Crippen molar-refractivity contribution >= 4 is 39.5 Å². The minimum atomic E-state index is -0.883. The van der Waals surface area contributed by atoms with Crippen molar-refractivity contribution in [2.75, 3.05) is 38.2 Å². The molecule has 9 nitrogen and oxygen atoms in total. The largest absolute Gasteiger partial charge is 0.508 e. The standard InChI is InChI=1S/C40H35F3N6O3/c1-3-29-33(41)14-9-23-17-28(50)19-32(35(23)29)30-12-13-31-37(36(30)43)45-40(52-22-27-8-6-16-47(27)2)46-38(31)48-20-25-10-11-26(21-48)49(25)39(51)34(42)18-24-7-4-5-15-44-24/h1,4-5,7,9,12-15,17-19,25-27,50H,6,8,10-11,16,20-22H2,2H3/b34-18-/t25?,26?,27-/m0/s1. The molecule has 3 fully saturated rings. The summed E-state index contributed by atoms with van der Waals surface area (Å²) in [6.07, 6.45) is 11.7. The molecular formula is C40H35F3N6O3. The lowest BCUT2D eigenvalue weighted by atomic mass is 9.93. The number of hydrogen-bond acceptors (Lipinski definition) is 8. The molecule has 3 aliphatic heterocycles. The third-order valence-electron chi connectivity index (χ3n) is 10.5. The Kier molecular flexibility index (Phi) is 8.67. The van der Waals surface area contributed by atoms with E-state index in [9.17, 15) is 14.3 Å². The average molecular weight is 705 g/mol. The van der Waals surface area contributed by atoms with Crippen molar-refractivity contribution in [3.63, 3.8) is 0 Å². The Morgan fingerprint density at radius 2 is 1.87 bits per heavy atom. The number of nitrogens with zero attached hydrogens (tertiary/aromatic N) is 6. The zero-order valence-electron chi connectivity index (χ0n) is 28.4. The molecule has 2 unspecified atom stereocenters. The van der Waals surface area contributed by atoms with Crippen LogP contribution in [0.5, 0.6) is 11.8 Å². The number of halogens is 3. The number of ether oxygens (including phenoxy) is 1. The molecule has 2 aromatic heterocycles. The van der Waals surface area contributed by atoms with Crippen molar-refractivity contribution in [3.05, 3.63) is 89.5 Å². The first-order valence-corrected chi connectivity index (χ1v) is 17.3. The second-order valence-electron chi connectivity index (χ2n) is 13.6. The lowest BCUT2D eigenvalue weighted by molar-refractivity contribution is -0.131. The summed E-state index contributed by atoms with van der Waals surface area (Å²) in [5.74, 6) is -0.262. The summed E-state index contributed by atoms with van der Waals surface area (Å²) < 4.78 is 53.3. The second-order valence-corrected chi connectivity index (χ2v) is 13.6. The van der Waals surface area contributed by atoms with E-state index in [0.29, 0.717) is 54.8 Å². The van der Waals surface area contributed by atoms with Gasteiger partial charge in [0.05, 0.1) is 23.3 Å². The van der Waals surface area contributed by atoms with Gasteiger partial charge in [-0.05, 0) is 86.6 Å². The van der Waals surface area contributed by atoms with E-state index in [4.69, 9.17) is 16.1 Å². The SMILES string of the molecule is C#Cc1c(F)ccc2cc(O)cc(-c3ccc4c(N5CC6CCC(C5)N6C(=O)/C(F)=C/c5ccccn5)nc(OC[C@@H]5CCCN5C)nc4c3F)c12. The molecule has 264 valence electrons. The van der Waals surface area contributed by atoms with Crippen LogP contribution in [0.15, 0.2) is 66.6 Å². The Labute approximate surface area is 298 Å². The number of terminal acetylenes is 1. The summed E-state index contributed by atoms with van der Waals surface area (Å²) in [5, 5.41) is 11.7. The number of carbonyl (C=O) groups excluding carboxylic acids is 1.